The molecule has 6 aromatic heterocycles. The zero-order valence-electron chi connectivity index (χ0n) is 67.1. The lowest BCUT2D eigenvalue weighted by molar-refractivity contribution is 0.0566. The van der Waals surface area contributed by atoms with Crippen LogP contribution in [0.1, 0.15) is 259 Å². The Labute approximate surface area is 637 Å². The summed E-state index contributed by atoms with van der Waals surface area (Å²) in [5.41, 5.74) is 8.52. The van der Waals surface area contributed by atoms with Crippen LogP contribution in [0.4, 0.5) is 49.3 Å². The zero-order valence-corrected chi connectivity index (χ0v) is 67.1. The van der Waals surface area contributed by atoms with Crippen molar-refractivity contribution in [1.82, 2.24) is 43.8 Å². The Balaban J connectivity index is 0.000000203. The van der Waals surface area contributed by atoms with Crippen molar-refractivity contribution in [3.05, 3.63) is 167 Å². The van der Waals surface area contributed by atoms with Gasteiger partial charge in [0, 0.05) is 68.1 Å². The standard InChI is InChI=1S/C32H45N5O2.C29H43N5O2.C25H35N5O2/c1-7-8-9-10-13-19-33-28-21-29(37-30(35-28)27(22-34-37)23(2)3)36(31(38)39-32(4,5)6)20-18-25-17-16-24-14-11-12-15-26(24)25;1-7-8-9-10-14-18-30-25-20-26(34-27(32-25)24(21-31-34)22(2)3)33(28(35)36-29(4,5)6)19-17-23-15-12-11-13-16-23;1-5-6-7-8-12-16-26-21-18-23(30-22(28-21)15-17-27-30)29(24(31)32-25(2,3)4)19-20-13-10-9-11-14-20/h11-12,14-15,17,21-23H,7-10,13,16,18-20H2,1-6H3,(H,33,35);11-13,15-16,20-22H,7-10,14,17-19H2,1-6H3,(H,30,32);9-11,13-15,17-18H,5-8,12,16,19H2,1-4H3,(H,26,28). The number of anilines is 6. The lowest BCUT2D eigenvalue weighted by Crippen LogP contribution is -2.39. The third kappa shape index (κ3) is 25.6. The normalized spacial score (nSPS) is 12.1. The van der Waals surface area contributed by atoms with Crippen molar-refractivity contribution in [2.75, 3.05) is 63.4 Å². The van der Waals surface area contributed by atoms with E-state index < -0.39 is 29.0 Å². The Bertz CT molecular complexity index is 4260. The van der Waals surface area contributed by atoms with E-state index in [1.807, 2.05) is 148 Å². The third-order valence-corrected chi connectivity index (χ3v) is 18.2. The molecule has 0 saturated carbocycles. The number of carbonyl (C=O) groups excluding carboxylic acids is 3. The van der Waals surface area contributed by atoms with Gasteiger partial charge in [0.1, 0.15) is 51.7 Å². The second-order valence-electron chi connectivity index (χ2n) is 31.5. The number of unbranched alkanes of at least 4 members (excludes halogenated alkanes) is 12. The van der Waals surface area contributed by atoms with Gasteiger partial charge in [0.25, 0.3) is 0 Å². The van der Waals surface area contributed by atoms with E-state index in [4.69, 9.17) is 24.2 Å². The number of carbonyl (C=O) groups is 3. The van der Waals surface area contributed by atoms with Crippen molar-refractivity contribution >= 4 is 75.7 Å². The minimum Gasteiger partial charge on any atom is -0.443 e. The molecule has 3 N–H and O–H groups in total. The summed E-state index contributed by atoms with van der Waals surface area (Å²) >= 11 is 0. The predicted octanol–water partition coefficient (Wildman–Crippen LogP) is 21.3. The van der Waals surface area contributed by atoms with Crippen LogP contribution in [-0.2, 0) is 33.6 Å². The molecular weight excluding hydrogens is 1340 g/mol. The molecule has 21 nitrogen and oxygen atoms in total. The van der Waals surface area contributed by atoms with E-state index in [-0.39, 0.29) is 17.9 Å². The Kier molecular flexibility index (Phi) is 31.4. The molecule has 10 rings (SSSR count). The van der Waals surface area contributed by atoms with Crippen molar-refractivity contribution in [2.45, 2.75) is 262 Å². The van der Waals surface area contributed by atoms with Gasteiger partial charge in [-0.1, -0.05) is 217 Å². The highest BCUT2D eigenvalue weighted by Crippen LogP contribution is 2.34. The Morgan fingerprint density at radius 2 is 0.860 bits per heavy atom. The highest BCUT2D eigenvalue weighted by atomic mass is 16.6. The number of benzene rings is 3. The summed E-state index contributed by atoms with van der Waals surface area (Å²) in [6, 6.07) is 36.1. The third-order valence-electron chi connectivity index (χ3n) is 18.2. The fraction of sp³-hybridized carbons (Fsp3) is 0.523. The van der Waals surface area contributed by atoms with Gasteiger partial charge >= 0.3 is 18.3 Å². The van der Waals surface area contributed by atoms with Gasteiger partial charge in [0.05, 0.1) is 25.1 Å². The van der Waals surface area contributed by atoms with Crippen molar-refractivity contribution in [1.29, 1.82) is 0 Å². The summed E-state index contributed by atoms with van der Waals surface area (Å²) < 4.78 is 22.7. The minimum absolute atomic E-state index is 0.252. The number of nitrogens with zero attached hydrogens (tertiary/aromatic N) is 12. The highest BCUT2D eigenvalue weighted by molar-refractivity contribution is 5.90. The molecule has 0 fully saturated rings. The van der Waals surface area contributed by atoms with E-state index in [1.54, 1.807) is 34.4 Å². The van der Waals surface area contributed by atoms with Crippen LogP contribution in [-0.4, -0.2) is 112 Å². The fourth-order valence-electron chi connectivity index (χ4n) is 12.6. The second kappa shape index (κ2) is 40.4. The average molecular weight is 1460 g/mol. The van der Waals surface area contributed by atoms with E-state index in [0.717, 1.165) is 103 Å². The molecule has 107 heavy (non-hydrogen) atoms. The molecule has 3 aromatic carbocycles. The topological polar surface area (TPSA) is 215 Å². The first-order valence-corrected chi connectivity index (χ1v) is 39.4. The first-order valence-electron chi connectivity index (χ1n) is 39.4. The number of allylic oxidation sites excluding steroid dienone is 1. The van der Waals surface area contributed by atoms with Crippen LogP contribution >= 0.6 is 0 Å². The van der Waals surface area contributed by atoms with Crippen LogP contribution in [0.2, 0.25) is 0 Å². The predicted molar refractivity (Wildman–Crippen MR) is 438 cm³/mol. The van der Waals surface area contributed by atoms with Gasteiger partial charge in [-0.15, -0.1) is 0 Å². The quantitative estimate of drug-likeness (QED) is 0.0253. The van der Waals surface area contributed by atoms with Crippen LogP contribution in [0.3, 0.4) is 0 Å². The average Bonchev–Trinajstić information content (AvgIpc) is 1.69. The Morgan fingerprint density at radius 1 is 0.458 bits per heavy atom. The van der Waals surface area contributed by atoms with E-state index in [2.05, 4.69) is 127 Å². The van der Waals surface area contributed by atoms with Gasteiger partial charge in [-0.3, -0.25) is 14.7 Å². The van der Waals surface area contributed by atoms with Crippen LogP contribution in [0.15, 0.2) is 134 Å². The molecule has 0 spiro atoms. The van der Waals surface area contributed by atoms with Gasteiger partial charge < -0.3 is 30.2 Å². The lowest BCUT2D eigenvalue weighted by atomic mass is 10.0. The summed E-state index contributed by atoms with van der Waals surface area (Å²) in [5, 5.41) is 24.2. The van der Waals surface area contributed by atoms with E-state index in [0.29, 0.717) is 49.2 Å². The molecule has 0 radical (unpaired) electrons. The van der Waals surface area contributed by atoms with Crippen molar-refractivity contribution in [3.8, 4) is 0 Å². The van der Waals surface area contributed by atoms with Gasteiger partial charge in [-0.2, -0.15) is 28.8 Å². The summed E-state index contributed by atoms with van der Waals surface area (Å²) in [7, 11) is 0. The lowest BCUT2D eigenvalue weighted by Gasteiger charge is -2.28. The fourth-order valence-corrected chi connectivity index (χ4v) is 12.6. The SMILES string of the molecule is CCCCCCCNc1cc(N(CCC2=CCc3ccccc32)C(=O)OC(C)(C)C)n2ncc(C(C)C)c2n1.CCCCCCCNc1cc(N(CCc2ccccc2)C(=O)OC(C)(C)C)n2ncc(C(C)C)c2n1.CCCCCCCNc1cc(N(Cc2ccccc2)C(=O)OC(C)(C)C)n2nccc2n1. The number of aromatic nitrogens is 9. The molecule has 21 heteroatoms. The van der Waals surface area contributed by atoms with Crippen LogP contribution in [0.25, 0.3) is 22.5 Å². The molecule has 1 aliphatic carbocycles. The van der Waals surface area contributed by atoms with E-state index in [9.17, 15) is 14.4 Å². The highest BCUT2D eigenvalue weighted by Gasteiger charge is 2.31. The molecule has 3 amide bonds. The molecule has 0 unspecified atom stereocenters. The number of hydrogen-bond acceptors (Lipinski definition) is 15. The van der Waals surface area contributed by atoms with Crippen LogP contribution in [0, 0.1) is 0 Å². The molecule has 0 bridgehead atoms. The molecule has 0 atom stereocenters. The largest absolute Gasteiger partial charge is 0.443 e. The van der Waals surface area contributed by atoms with Crippen LogP contribution < -0.4 is 30.7 Å². The number of hydrogen-bond donors (Lipinski definition) is 3. The van der Waals surface area contributed by atoms with Crippen molar-refractivity contribution in [2.24, 2.45) is 0 Å². The van der Waals surface area contributed by atoms with Gasteiger partial charge in [-0.05, 0) is 141 Å². The van der Waals surface area contributed by atoms with Crippen molar-refractivity contribution in [3.63, 3.8) is 0 Å². The Morgan fingerprint density at radius 3 is 1.31 bits per heavy atom. The van der Waals surface area contributed by atoms with Gasteiger partial charge in [-0.25, -0.2) is 29.3 Å². The molecule has 0 saturated heterocycles. The molecule has 6 heterocycles. The van der Waals surface area contributed by atoms with Gasteiger partial charge in [0.15, 0.2) is 16.9 Å². The van der Waals surface area contributed by atoms with Gasteiger partial charge in [0.2, 0.25) is 0 Å². The van der Waals surface area contributed by atoms with Crippen LogP contribution in [0.5, 0.6) is 0 Å². The maximum atomic E-state index is 13.7. The summed E-state index contributed by atoms with van der Waals surface area (Å²) in [6.45, 7) is 36.0. The molecule has 9 aromatic rings. The molecule has 578 valence electrons. The summed E-state index contributed by atoms with van der Waals surface area (Å²) in [4.78, 5) is 59.9. The van der Waals surface area contributed by atoms with E-state index >= 15 is 0 Å². The van der Waals surface area contributed by atoms with E-state index in [1.165, 1.54) is 93.7 Å². The zero-order chi connectivity index (χ0) is 77.1. The number of rotatable bonds is 34. The number of ether oxygens (including phenoxy) is 3. The minimum atomic E-state index is -0.618. The molecule has 0 aliphatic heterocycles. The summed E-state index contributed by atoms with van der Waals surface area (Å²) in [6.07, 6.45) is 27.0. The summed E-state index contributed by atoms with van der Waals surface area (Å²) in [5.74, 6) is 4.69. The number of nitrogens with one attached hydrogen (secondary N) is 3. The second-order valence-corrected chi connectivity index (χ2v) is 31.5. The number of fused-ring (bicyclic) bond motifs is 4. The smallest absolute Gasteiger partial charge is 0.416 e. The number of amides is 3. The first-order chi connectivity index (χ1) is 51.2. The maximum Gasteiger partial charge on any atom is 0.416 e. The molecular formula is C86H123N15O6. The van der Waals surface area contributed by atoms with Crippen molar-refractivity contribution < 1.29 is 28.6 Å². The first kappa shape index (κ1) is 83.1. The Hall–Kier alpha value is -9.53. The monoisotopic (exact) mass is 1460 g/mol. The molecule has 1 aliphatic rings. The maximum absolute atomic E-state index is 13.7.